The molecular weight excluding hydrogens is 332 g/mol. The van der Waals surface area contributed by atoms with Gasteiger partial charge in [-0.2, -0.15) is 0 Å². The third-order valence-electron chi connectivity index (χ3n) is 4.97. The third-order valence-corrected chi connectivity index (χ3v) is 4.97. The highest BCUT2D eigenvalue weighted by atomic mass is 16.5. The van der Waals surface area contributed by atoms with Crippen molar-refractivity contribution in [3.8, 4) is 11.5 Å². The van der Waals surface area contributed by atoms with E-state index in [-0.39, 0.29) is 18.4 Å². The van der Waals surface area contributed by atoms with Crippen LogP contribution in [0.5, 0.6) is 11.5 Å². The Bertz CT molecular complexity index is 793. The van der Waals surface area contributed by atoms with Gasteiger partial charge in [0.15, 0.2) is 6.61 Å². The van der Waals surface area contributed by atoms with Crippen LogP contribution in [0.1, 0.15) is 35.2 Å². The van der Waals surface area contributed by atoms with Crippen LogP contribution in [-0.2, 0) is 14.9 Å². The second kappa shape index (κ2) is 7.60. The maximum Gasteiger partial charge on any atom is 0.317 e. The molecule has 3 rings (SSSR count). The van der Waals surface area contributed by atoms with Crippen LogP contribution in [-0.4, -0.2) is 32.6 Å². The highest BCUT2D eigenvalue weighted by Gasteiger charge is 2.47. The Kier molecular flexibility index (Phi) is 5.26. The Morgan fingerprint density at radius 2 is 1.73 bits per heavy atom. The molecule has 5 nitrogen and oxygen atoms in total. The molecular formula is C21H22O5. The maximum absolute atomic E-state index is 12.7. The van der Waals surface area contributed by atoms with E-state index in [1.165, 1.54) is 7.11 Å². The molecule has 1 fully saturated rings. The Labute approximate surface area is 152 Å². The van der Waals surface area contributed by atoms with Crippen LogP contribution < -0.4 is 9.47 Å². The number of Topliss-reactive ketones (excluding diaryl/α,β-unsaturated/α-hetero) is 1. The molecule has 0 unspecified atom stereocenters. The molecule has 26 heavy (non-hydrogen) atoms. The fourth-order valence-electron chi connectivity index (χ4n) is 3.27. The molecule has 0 aromatic heterocycles. The first-order chi connectivity index (χ1) is 12.6. The van der Waals surface area contributed by atoms with Crippen molar-refractivity contribution in [2.24, 2.45) is 0 Å². The van der Waals surface area contributed by atoms with Crippen LogP contribution in [0.2, 0.25) is 0 Å². The number of benzene rings is 2. The average Bonchev–Trinajstić information content (AvgIpc) is 2.65. The van der Waals surface area contributed by atoms with Gasteiger partial charge in [0.25, 0.3) is 0 Å². The standard InChI is InChI=1S/C21H22O5/c1-24-16-9-10-17(19(13-16)25-2)18(22)14-26-20(23)21(11-6-12-21)15-7-4-3-5-8-15/h3-5,7-10,13H,6,11-12,14H2,1-2H3. The van der Waals surface area contributed by atoms with E-state index in [4.69, 9.17) is 14.2 Å². The van der Waals surface area contributed by atoms with Gasteiger partial charge in [-0.05, 0) is 30.5 Å². The summed E-state index contributed by atoms with van der Waals surface area (Å²) in [5, 5.41) is 0. The molecule has 0 radical (unpaired) electrons. The maximum atomic E-state index is 12.7. The fraction of sp³-hybridized carbons (Fsp3) is 0.333. The van der Waals surface area contributed by atoms with Crippen molar-refractivity contribution in [1.29, 1.82) is 0 Å². The summed E-state index contributed by atoms with van der Waals surface area (Å²) < 4.78 is 15.8. The second-order valence-electron chi connectivity index (χ2n) is 6.37. The molecule has 0 amide bonds. The van der Waals surface area contributed by atoms with Crippen LogP contribution in [0.15, 0.2) is 48.5 Å². The van der Waals surface area contributed by atoms with Crippen molar-refractivity contribution in [3.63, 3.8) is 0 Å². The van der Waals surface area contributed by atoms with Crippen LogP contribution in [0.25, 0.3) is 0 Å². The summed E-state index contributed by atoms with van der Waals surface area (Å²) in [5.41, 5.74) is 0.695. The number of hydrogen-bond acceptors (Lipinski definition) is 5. The third kappa shape index (κ3) is 3.29. The number of carbonyl (C=O) groups is 2. The topological polar surface area (TPSA) is 61.8 Å². The second-order valence-corrected chi connectivity index (χ2v) is 6.37. The number of methoxy groups -OCH3 is 2. The minimum absolute atomic E-state index is 0.305. The first-order valence-corrected chi connectivity index (χ1v) is 8.59. The lowest BCUT2D eigenvalue weighted by molar-refractivity contribution is -0.153. The lowest BCUT2D eigenvalue weighted by Crippen LogP contribution is -2.44. The monoisotopic (exact) mass is 354 g/mol. The van der Waals surface area contributed by atoms with E-state index < -0.39 is 5.41 Å². The molecule has 0 spiro atoms. The van der Waals surface area contributed by atoms with Crippen LogP contribution >= 0.6 is 0 Å². The highest BCUT2D eigenvalue weighted by molar-refractivity contribution is 6.01. The summed E-state index contributed by atoms with van der Waals surface area (Å²) in [6, 6.07) is 14.5. The zero-order chi connectivity index (χ0) is 18.6. The molecule has 2 aromatic rings. The smallest absolute Gasteiger partial charge is 0.317 e. The van der Waals surface area contributed by atoms with Crippen molar-refractivity contribution < 1.29 is 23.8 Å². The predicted molar refractivity (Wildman–Crippen MR) is 96.8 cm³/mol. The lowest BCUT2D eigenvalue weighted by Gasteiger charge is -2.39. The number of rotatable bonds is 7. The van der Waals surface area contributed by atoms with Crippen LogP contribution in [0.4, 0.5) is 0 Å². The average molecular weight is 354 g/mol. The molecule has 0 saturated heterocycles. The Hall–Kier alpha value is -2.82. The SMILES string of the molecule is COc1ccc(C(=O)COC(=O)C2(c3ccccc3)CCC2)c(OC)c1. The van der Waals surface area contributed by atoms with Crippen molar-refractivity contribution >= 4 is 11.8 Å². The number of ether oxygens (including phenoxy) is 3. The van der Waals surface area contributed by atoms with Gasteiger partial charge in [0.05, 0.1) is 25.2 Å². The molecule has 0 N–H and O–H groups in total. The van der Waals surface area contributed by atoms with E-state index in [9.17, 15) is 9.59 Å². The summed E-state index contributed by atoms with van der Waals surface area (Å²) in [7, 11) is 3.02. The van der Waals surface area contributed by atoms with E-state index in [0.29, 0.717) is 17.1 Å². The molecule has 0 aliphatic heterocycles. The van der Waals surface area contributed by atoms with Crippen molar-refractivity contribution in [2.45, 2.75) is 24.7 Å². The highest BCUT2D eigenvalue weighted by Crippen LogP contribution is 2.44. The summed E-state index contributed by atoms with van der Waals surface area (Å²) in [6.45, 7) is -0.309. The summed E-state index contributed by atoms with van der Waals surface area (Å²) >= 11 is 0. The van der Waals surface area contributed by atoms with Gasteiger partial charge < -0.3 is 14.2 Å². The van der Waals surface area contributed by atoms with Crippen molar-refractivity contribution in [2.75, 3.05) is 20.8 Å². The summed E-state index contributed by atoms with van der Waals surface area (Å²) in [4.78, 5) is 25.2. The molecule has 1 aliphatic rings. The quantitative estimate of drug-likeness (QED) is 0.562. The molecule has 0 atom stereocenters. The van der Waals surface area contributed by atoms with Gasteiger partial charge in [0.2, 0.25) is 5.78 Å². The van der Waals surface area contributed by atoms with E-state index >= 15 is 0 Å². The fourth-order valence-corrected chi connectivity index (χ4v) is 3.27. The molecule has 0 heterocycles. The summed E-state index contributed by atoms with van der Waals surface area (Å²) in [5.74, 6) is 0.343. The van der Waals surface area contributed by atoms with Crippen molar-refractivity contribution in [1.82, 2.24) is 0 Å². The zero-order valence-corrected chi connectivity index (χ0v) is 15.0. The van der Waals surface area contributed by atoms with E-state index in [0.717, 1.165) is 24.8 Å². The normalized spacial score (nSPS) is 14.8. The Morgan fingerprint density at radius 1 is 1.00 bits per heavy atom. The van der Waals surface area contributed by atoms with Crippen molar-refractivity contribution in [3.05, 3.63) is 59.7 Å². The minimum Gasteiger partial charge on any atom is -0.497 e. The number of esters is 1. The molecule has 2 aromatic carbocycles. The van der Waals surface area contributed by atoms with Gasteiger partial charge in [-0.3, -0.25) is 9.59 Å². The van der Waals surface area contributed by atoms with Gasteiger partial charge in [-0.25, -0.2) is 0 Å². The lowest BCUT2D eigenvalue weighted by atomic mass is 9.64. The first-order valence-electron chi connectivity index (χ1n) is 8.59. The van der Waals surface area contributed by atoms with E-state index in [1.807, 2.05) is 30.3 Å². The van der Waals surface area contributed by atoms with Gasteiger partial charge in [0.1, 0.15) is 11.5 Å². The van der Waals surface area contributed by atoms with Gasteiger partial charge in [-0.15, -0.1) is 0 Å². The summed E-state index contributed by atoms with van der Waals surface area (Å²) in [6.07, 6.45) is 2.47. The number of hydrogen-bond donors (Lipinski definition) is 0. The van der Waals surface area contributed by atoms with Crippen LogP contribution in [0, 0.1) is 0 Å². The predicted octanol–water partition coefficient (Wildman–Crippen LogP) is 3.55. The van der Waals surface area contributed by atoms with Gasteiger partial charge in [-0.1, -0.05) is 36.8 Å². The first kappa shape index (κ1) is 18.0. The number of ketones is 1. The molecule has 0 bridgehead atoms. The minimum atomic E-state index is -0.620. The molecule has 136 valence electrons. The number of carbonyl (C=O) groups excluding carboxylic acids is 2. The molecule has 1 saturated carbocycles. The Morgan fingerprint density at radius 3 is 2.31 bits per heavy atom. The van der Waals surface area contributed by atoms with Gasteiger partial charge >= 0.3 is 5.97 Å². The van der Waals surface area contributed by atoms with E-state index in [1.54, 1.807) is 25.3 Å². The van der Waals surface area contributed by atoms with E-state index in [2.05, 4.69) is 0 Å². The van der Waals surface area contributed by atoms with Crippen LogP contribution in [0.3, 0.4) is 0 Å². The largest absolute Gasteiger partial charge is 0.497 e. The Balaban J connectivity index is 1.71. The molecule has 1 aliphatic carbocycles. The van der Waals surface area contributed by atoms with Gasteiger partial charge in [0, 0.05) is 6.07 Å². The molecule has 5 heteroatoms. The zero-order valence-electron chi connectivity index (χ0n) is 15.0.